The summed E-state index contributed by atoms with van der Waals surface area (Å²) in [4.78, 5) is 22.2. The van der Waals surface area contributed by atoms with E-state index in [1.807, 2.05) is 0 Å². The molecule has 0 radical (unpaired) electrons. The van der Waals surface area contributed by atoms with Crippen LogP contribution >= 0.6 is 0 Å². The fraction of sp³-hybridized carbons (Fsp3) is 0.615. The molecule has 1 saturated heterocycles. The molecule has 0 aromatic carbocycles. The Morgan fingerprint density at radius 3 is 3.04 bits per heavy atom. The van der Waals surface area contributed by atoms with E-state index in [4.69, 9.17) is 4.74 Å². The lowest BCUT2D eigenvalue weighted by atomic mass is 9.88. The highest BCUT2D eigenvalue weighted by Crippen LogP contribution is 2.43. The SMILES string of the molecule is C[C@@]1(O)[C@H](O)[C@@H](CO)O[C@H]1C1Cc2[nH]c(=O)nc3c2N1NC=N3. The van der Waals surface area contributed by atoms with E-state index in [-0.39, 0.29) is 0 Å². The number of anilines is 1. The second-order valence-electron chi connectivity index (χ2n) is 6.17. The first-order valence-electron chi connectivity index (χ1n) is 7.31. The minimum atomic E-state index is -1.55. The van der Waals surface area contributed by atoms with Crippen LogP contribution in [-0.4, -0.2) is 68.2 Å². The number of aliphatic imine (C=N–C) groups is 1. The van der Waals surface area contributed by atoms with E-state index in [9.17, 15) is 20.1 Å². The van der Waals surface area contributed by atoms with Crippen molar-refractivity contribution in [2.75, 3.05) is 11.6 Å². The van der Waals surface area contributed by atoms with E-state index in [1.54, 1.807) is 5.01 Å². The van der Waals surface area contributed by atoms with E-state index < -0.39 is 42.3 Å². The maximum absolute atomic E-state index is 11.6. The molecule has 0 bridgehead atoms. The summed E-state index contributed by atoms with van der Waals surface area (Å²) in [5.74, 6) is 0.293. The number of ether oxygens (including phenoxy) is 1. The van der Waals surface area contributed by atoms with Gasteiger partial charge in [0.05, 0.1) is 18.3 Å². The standard InChI is InChI=1S/C13H17N5O5/c1-13(22)9(20)7(3-19)23-10(13)6-2-5-8-11(17-12(21)16-5)14-4-15-18(6)8/h4,6-7,9-10,19-20,22H,2-3H2,1H3,(H2,14,15,16,17,21)/t6?,7-,9-,10+,13-/m1/s1. The molecule has 23 heavy (non-hydrogen) atoms. The van der Waals surface area contributed by atoms with Gasteiger partial charge in [0.1, 0.15) is 35.9 Å². The van der Waals surface area contributed by atoms with E-state index in [0.717, 1.165) is 0 Å². The molecule has 1 aromatic heterocycles. The summed E-state index contributed by atoms with van der Waals surface area (Å²) in [5, 5.41) is 31.9. The highest BCUT2D eigenvalue weighted by molar-refractivity contribution is 5.79. The number of H-pyrrole nitrogens is 1. The Morgan fingerprint density at radius 2 is 2.35 bits per heavy atom. The third-order valence-corrected chi connectivity index (χ3v) is 4.71. The number of hydrazine groups is 1. The Hall–Kier alpha value is -2.01. The van der Waals surface area contributed by atoms with Gasteiger partial charge in [-0.3, -0.25) is 10.4 Å². The van der Waals surface area contributed by atoms with Crippen LogP contribution in [-0.2, 0) is 11.2 Å². The largest absolute Gasteiger partial charge is 0.394 e. The molecule has 1 aromatic rings. The van der Waals surface area contributed by atoms with Gasteiger partial charge >= 0.3 is 5.69 Å². The fourth-order valence-corrected chi connectivity index (χ4v) is 3.58. The van der Waals surface area contributed by atoms with Gasteiger partial charge in [-0.1, -0.05) is 0 Å². The fourth-order valence-electron chi connectivity index (χ4n) is 3.58. The van der Waals surface area contributed by atoms with E-state index in [1.165, 1.54) is 13.3 Å². The van der Waals surface area contributed by atoms with Crippen LogP contribution in [0.2, 0.25) is 0 Å². The number of aliphatic hydroxyl groups is 3. The summed E-state index contributed by atoms with van der Waals surface area (Å²) >= 11 is 0. The van der Waals surface area contributed by atoms with Crippen LogP contribution in [0.4, 0.5) is 11.5 Å². The molecule has 1 unspecified atom stereocenters. The molecule has 3 aliphatic rings. The number of aromatic amines is 1. The van der Waals surface area contributed by atoms with Crippen molar-refractivity contribution in [2.45, 2.75) is 43.3 Å². The third-order valence-electron chi connectivity index (χ3n) is 4.71. The van der Waals surface area contributed by atoms with Gasteiger partial charge in [-0.15, -0.1) is 0 Å². The molecule has 124 valence electrons. The van der Waals surface area contributed by atoms with Gasteiger partial charge in [-0.25, -0.2) is 9.79 Å². The number of hydrogen-bond donors (Lipinski definition) is 5. The Balaban J connectivity index is 1.74. The minimum Gasteiger partial charge on any atom is -0.394 e. The highest BCUT2D eigenvalue weighted by atomic mass is 16.6. The molecule has 0 aliphatic carbocycles. The van der Waals surface area contributed by atoms with Gasteiger partial charge in [0.25, 0.3) is 0 Å². The lowest BCUT2D eigenvalue weighted by molar-refractivity contribution is -0.0715. The third kappa shape index (κ3) is 1.92. The van der Waals surface area contributed by atoms with Crippen LogP contribution in [0.1, 0.15) is 12.6 Å². The summed E-state index contributed by atoms with van der Waals surface area (Å²) in [5.41, 5.74) is 2.17. The first kappa shape index (κ1) is 14.6. The average Bonchev–Trinajstić information content (AvgIpc) is 2.97. The number of nitrogens with one attached hydrogen (secondary N) is 2. The summed E-state index contributed by atoms with van der Waals surface area (Å²) in [6.45, 7) is 1.08. The number of rotatable bonds is 2. The molecule has 0 amide bonds. The van der Waals surface area contributed by atoms with E-state index in [2.05, 4.69) is 20.4 Å². The lowest BCUT2D eigenvalue weighted by Gasteiger charge is -2.36. The van der Waals surface area contributed by atoms with Gasteiger partial charge in [0, 0.05) is 6.42 Å². The van der Waals surface area contributed by atoms with Crippen molar-refractivity contribution in [1.29, 1.82) is 0 Å². The Bertz CT molecular complexity index is 732. The summed E-state index contributed by atoms with van der Waals surface area (Å²) in [6, 6.07) is -0.406. The summed E-state index contributed by atoms with van der Waals surface area (Å²) < 4.78 is 5.69. The number of aliphatic hydroxyl groups excluding tert-OH is 2. The second kappa shape index (κ2) is 4.74. The normalized spacial score (nSPS) is 37.8. The van der Waals surface area contributed by atoms with E-state index in [0.29, 0.717) is 23.6 Å². The van der Waals surface area contributed by atoms with Gasteiger partial charge in [-0.05, 0) is 6.92 Å². The molecule has 5 atom stereocenters. The smallest absolute Gasteiger partial charge is 0.347 e. The highest BCUT2D eigenvalue weighted by Gasteiger charge is 2.57. The molecule has 4 heterocycles. The zero-order valence-electron chi connectivity index (χ0n) is 12.3. The summed E-state index contributed by atoms with van der Waals surface area (Å²) in [7, 11) is 0. The second-order valence-corrected chi connectivity index (χ2v) is 6.17. The predicted octanol–water partition coefficient (Wildman–Crippen LogP) is -2.45. The van der Waals surface area contributed by atoms with Crippen molar-refractivity contribution >= 4 is 17.8 Å². The first-order valence-corrected chi connectivity index (χ1v) is 7.31. The molecule has 5 N–H and O–H groups in total. The Morgan fingerprint density at radius 1 is 1.57 bits per heavy atom. The van der Waals surface area contributed by atoms with Crippen molar-refractivity contribution in [1.82, 2.24) is 15.4 Å². The molecule has 3 aliphatic heterocycles. The molecule has 0 spiro atoms. The van der Waals surface area contributed by atoms with Crippen molar-refractivity contribution in [3.05, 3.63) is 16.2 Å². The minimum absolute atomic E-state index is 0.293. The lowest BCUT2D eigenvalue weighted by Crippen LogP contribution is -2.58. The van der Waals surface area contributed by atoms with Crippen molar-refractivity contribution in [2.24, 2.45) is 4.99 Å². The van der Waals surface area contributed by atoms with Crippen LogP contribution in [0.25, 0.3) is 0 Å². The zero-order chi connectivity index (χ0) is 16.4. The molecule has 1 fully saturated rings. The van der Waals surface area contributed by atoms with Crippen LogP contribution < -0.4 is 16.1 Å². The van der Waals surface area contributed by atoms with Gasteiger partial charge < -0.3 is 25.0 Å². The van der Waals surface area contributed by atoms with Gasteiger partial charge in [0.15, 0.2) is 5.82 Å². The van der Waals surface area contributed by atoms with E-state index >= 15 is 0 Å². The number of aromatic nitrogens is 2. The Kier molecular flexibility index (Phi) is 3.00. The molecule has 0 saturated carbocycles. The van der Waals surface area contributed by atoms with Gasteiger partial charge in [0.2, 0.25) is 0 Å². The number of nitrogens with zero attached hydrogens (tertiary/aromatic N) is 3. The van der Waals surface area contributed by atoms with Crippen molar-refractivity contribution < 1.29 is 20.1 Å². The molecule has 4 rings (SSSR count). The molecular weight excluding hydrogens is 306 g/mol. The molecular formula is C13H17N5O5. The van der Waals surface area contributed by atoms with Crippen LogP contribution in [0.3, 0.4) is 0 Å². The van der Waals surface area contributed by atoms with Crippen LogP contribution in [0.15, 0.2) is 9.79 Å². The van der Waals surface area contributed by atoms with Crippen molar-refractivity contribution in [3.8, 4) is 0 Å². The topological polar surface area (TPSA) is 143 Å². The monoisotopic (exact) mass is 323 g/mol. The Labute approximate surface area is 130 Å². The maximum Gasteiger partial charge on any atom is 0.347 e. The zero-order valence-corrected chi connectivity index (χ0v) is 12.3. The average molecular weight is 323 g/mol. The molecule has 10 heteroatoms. The summed E-state index contributed by atoms with van der Waals surface area (Å²) in [6.07, 6.45) is -1.08. The van der Waals surface area contributed by atoms with Crippen molar-refractivity contribution in [3.63, 3.8) is 0 Å². The maximum atomic E-state index is 11.6. The number of hydrogen-bond acceptors (Lipinski definition) is 9. The predicted molar refractivity (Wildman–Crippen MR) is 78.5 cm³/mol. The molecule has 10 nitrogen and oxygen atoms in total. The van der Waals surface area contributed by atoms with Gasteiger partial charge in [-0.2, -0.15) is 4.98 Å². The quantitative estimate of drug-likeness (QED) is 0.403. The first-order chi connectivity index (χ1) is 10.9. The van der Waals surface area contributed by atoms with Crippen LogP contribution in [0, 0.1) is 0 Å². The van der Waals surface area contributed by atoms with Crippen LogP contribution in [0.5, 0.6) is 0 Å².